The Labute approximate surface area is 154 Å². The number of amides is 3. The molecule has 1 aliphatic carbocycles. The van der Waals surface area contributed by atoms with Crippen molar-refractivity contribution in [2.45, 2.75) is 69.2 Å². The maximum atomic E-state index is 12.4. The highest BCUT2D eigenvalue weighted by Gasteiger charge is 2.34. The van der Waals surface area contributed by atoms with Gasteiger partial charge in [0, 0.05) is 19.1 Å². The number of aliphatic hydroxyl groups excluding tert-OH is 1. The molecule has 2 heterocycles. The second-order valence-electron chi connectivity index (χ2n) is 7.46. The molecule has 8 nitrogen and oxygen atoms in total. The quantitative estimate of drug-likeness (QED) is 0.651. The Morgan fingerprint density at radius 1 is 1.04 bits per heavy atom. The fourth-order valence-electron chi connectivity index (χ4n) is 4.05. The van der Waals surface area contributed by atoms with Gasteiger partial charge in [-0.15, -0.1) is 0 Å². The zero-order chi connectivity index (χ0) is 18.4. The molecule has 3 aliphatic rings. The normalized spacial score (nSPS) is 30.2. The van der Waals surface area contributed by atoms with E-state index in [0.717, 1.165) is 25.7 Å². The number of hydrogen-bond acceptors (Lipinski definition) is 5. The van der Waals surface area contributed by atoms with Crippen LogP contribution in [-0.2, 0) is 14.3 Å². The fourth-order valence-corrected chi connectivity index (χ4v) is 4.05. The zero-order valence-corrected chi connectivity index (χ0v) is 15.3. The molecule has 3 amide bonds. The number of aliphatic hydroxyl groups is 1. The lowest BCUT2D eigenvalue weighted by Gasteiger charge is -2.37. The van der Waals surface area contributed by atoms with Gasteiger partial charge in [0.25, 0.3) is 0 Å². The van der Waals surface area contributed by atoms with Crippen LogP contribution in [0.3, 0.4) is 0 Å². The van der Waals surface area contributed by atoms with E-state index in [9.17, 15) is 14.7 Å². The first-order valence-corrected chi connectivity index (χ1v) is 9.84. The van der Waals surface area contributed by atoms with Gasteiger partial charge in [0.05, 0.1) is 38.4 Å². The van der Waals surface area contributed by atoms with Gasteiger partial charge in [-0.1, -0.05) is 12.8 Å². The maximum Gasteiger partial charge on any atom is 0.315 e. The number of carbonyl (C=O) groups excluding carboxylic acids is 2. The topological polar surface area (TPSA) is 100 Å². The summed E-state index contributed by atoms with van der Waals surface area (Å²) >= 11 is 0. The molecule has 0 bridgehead atoms. The SMILES string of the molecule is O=C(NC1CCCC1)N[C@@H]1CC[C@H](CC(=O)N2CCOCC2)O[C@H]1CO. The van der Waals surface area contributed by atoms with Crippen LogP contribution >= 0.6 is 0 Å². The summed E-state index contributed by atoms with van der Waals surface area (Å²) in [7, 11) is 0. The number of rotatable bonds is 5. The molecule has 148 valence electrons. The standard InChI is InChI=1S/C18H31N3O5/c22-12-16-15(20-18(24)19-13-3-1-2-4-13)6-5-14(26-16)11-17(23)21-7-9-25-10-8-21/h13-16,22H,1-12H2,(H2,19,20,24)/t14-,15-,16+/m1/s1. The maximum absolute atomic E-state index is 12.4. The number of nitrogens with zero attached hydrogens (tertiary/aromatic N) is 1. The highest BCUT2D eigenvalue weighted by molar-refractivity contribution is 5.77. The van der Waals surface area contributed by atoms with Gasteiger partial charge in [-0.2, -0.15) is 0 Å². The first-order valence-electron chi connectivity index (χ1n) is 9.84. The third-order valence-corrected chi connectivity index (χ3v) is 5.57. The van der Waals surface area contributed by atoms with E-state index in [1.54, 1.807) is 4.90 Å². The molecule has 0 spiro atoms. The van der Waals surface area contributed by atoms with Crippen LogP contribution in [0.5, 0.6) is 0 Å². The van der Waals surface area contributed by atoms with Crippen molar-refractivity contribution in [2.75, 3.05) is 32.9 Å². The van der Waals surface area contributed by atoms with Crippen LogP contribution in [0.1, 0.15) is 44.9 Å². The molecule has 0 aromatic rings. The molecule has 3 rings (SSSR count). The number of carbonyl (C=O) groups is 2. The number of urea groups is 1. The highest BCUT2D eigenvalue weighted by atomic mass is 16.5. The highest BCUT2D eigenvalue weighted by Crippen LogP contribution is 2.23. The lowest BCUT2D eigenvalue weighted by Crippen LogP contribution is -2.55. The predicted octanol–water partition coefficient (Wildman–Crippen LogP) is 0.386. The van der Waals surface area contributed by atoms with Gasteiger partial charge < -0.3 is 30.1 Å². The van der Waals surface area contributed by atoms with E-state index in [1.165, 1.54) is 0 Å². The van der Waals surface area contributed by atoms with Gasteiger partial charge in [-0.3, -0.25) is 4.79 Å². The molecule has 8 heteroatoms. The van der Waals surface area contributed by atoms with Crippen LogP contribution in [0.4, 0.5) is 4.79 Å². The fraction of sp³-hybridized carbons (Fsp3) is 0.889. The summed E-state index contributed by atoms with van der Waals surface area (Å²) in [5.74, 6) is 0.0698. The monoisotopic (exact) mass is 369 g/mol. The van der Waals surface area contributed by atoms with Gasteiger partial charge in [0.15, 0.2) is 0 Å². The molecule has 0 radical (unpaired) electrons. The van der Waals surface area contributed by atoms with Gasteiger partial charge in [0.1, 0.15) is 6.10 Å². The summed E-state index contributed by atoms with van der Waals surface area (Å²) < 4.78 is 11.2. The van der Waals surface area contributed by atoms with Gasteiger partial charge >= 0.3 is 6.03 Å². The van der Waals surface area contributed by atoms with Crippen molar-refractivity contribution in [1.29, 1.82) is 0 Å². The Bertz CT molecular complexity index is 477. The average Bonchev–Trinajstić information content (AvgIpc) is 3.16. The van der Waals surface area contributed by atoms with Crippen LogP contribution in [0.2, 0.25) is 0 Å². The lowest BCUT2D eigenvalue weighted by atomic mass is 9.97. The van der Waals surface area contributed by atoms with E-state index in [-0.39, 0.29) is 36.7 Å². The van der Waals surface area contributed by atoms with E-state index in [0.29, 0.717) is 45.6 Å². The summed E-state index contributed by atoms with van der Waals surface area (Å²) in [5.41, 5.74) is 0. The van der Waals surface area contributed by atoms with Crippen molar-refractivity contribution in [3.8, 4) is 0 Å². The first-order chi connectivity index (χ1) is 12.7. The van der Waals surface area contributed by atoms with Crippen molar-refractivity contribution < 1.29 is 24.2 Å². The molecule has 3 atom stereocenters. The van der Waals surface area contributed by atoms with Gasteiger partial charge in [0.2, 0.25) is 5.91 Å². The molecule has 0 unspecified atom stereocenters. The minimum atomic E-state index is -0.472. The molecule has 26 heavy (non-hydrogen) atoms. The Kier molecular flexibility index (Phi) is 7.10. The average molecular weight is 369 g/mol. The molecule has 3 N–H and O–H groups in total. The number of hydrogen-bond donors (Lipinski definition) is 3. The third-order valence-electron chi connectivity index (χ3n) is 5.57. The van der Waals surface area contributed by atoms with Crippen LogP contribution < -0.4 is 10.6 Å². The van der Waals surface area contributed by atoms with Gasteiger partial charge in [-0.05, 0) is 25.7 Å². The van der Waals surface area contributed by atoms with E-state index < -0.39 is 6.10 Å². The largest absolute Gasteiger partial charge is 0.394 e. The van der Waals surface area contributed by atoms with Crippen molar-refractivity contribution in [3.05, 3.63) is 0 Å². The predicted molar refractivity (Wildman–Crippen MR) is 94.7 cm³/mol. The van der Waals surface area contributed by atoms with Gasteiger partial charge in [-0.25, -0.2) is 4.79 Å². The second kappa shape index (κ2) is 9.53. The van der Waals surface area contributed by atoms with Crippen LogP contribution in [-0.4, -0.2) is 79.1 Å². The molecule has 2 saturated heterocycles. The summed E-state index contributed by atoms with van der Waals surface area (Å²) in [4.78, 5) is 26.3. The Balaban J connectivity index is 1.43. The molecule has 2 aliphatic heterocycles. The van der Waals surface area contributed by atoms with Crippen LogP contribution in [0.25, 0.3) is 0 Å². The molecular weight excluding hydrogens is 338 g/mol. The van der Waals surface area contributed by atoms with Crippen molar-refractivity contribution in [1.82, 2.24) is 15.5 Å². The zero-order valence-electron chi connectivity index (χ0n) is 15.3. The van der Waals surface area contributed by atoms with Crippen molar-refractivity contribution in [3.63, 3.8) is 0 Å². The van der Waals surface area contributed by atoms with E-state index in [2.05, 4.69) is 10.6 Å². The lowest BCUT2D eigenvalue weighted by molar-refractivity contribution is -0.143. The molecule has 0 aromatic carbocycles. The summed E-state index contributed by atoms with van der Waals surface area (Å²) in [6.07, 6.45) is 5.42. The van der Waals surface area contributed by atoms with Crippen molar-refractivity contribution >= 4 is 11.9 Å². The number of ether oxygens (including phenoxy) is 2. The Morgan fingerprint density at radius 3 is 2.46 bits per heavy atom. The molecular formula is C18H31N3O5. The van der Waals surface area contributed by atoms with E-state index in [4.69, 9.17) is 9.47 Å². The Hall–Kier alpha value is -1.38. The third kappa shape index (κ3) is 5.31. The minimum absolute atomic E-state index is 0.0698. The van der Waals surface area contributed by atoms with E-state index in [1.807, 2.05) is 0 Å². The molecule has 1 saturated carbocycles. The first kappa shape index (κ1) is 19.4. The van der Waals surface area contributed by atoms with Crippen LogP contribution in [0.15, 0.2) is 0 Å². The molecule has 0 aromatic heterocycles. The number of nitrogens with one attached hydrogen (secondary N) is 2. The minimum Gasteiger partial charge on any atom is -0.394 e. The smallest absolute Gasteiger partial charge is 0.315 e. The summed E-state index contributed by atoms with van der Waals surface area (Å²) in [5, 5.41) is 15.6. The van der Waals surface area contributed by atoms with E-state index >= 15 is 0 Å². The van der Waals surface area contributed by atoms with Crippen molar-refractivity contribution in [2.24, 2.45) is 0 Å². The Morgan fingerprint density at radius 2 is 1.77 bits per heavy atom. The summed E-state index contributed by atoms with van der Waals surface area (Å²) in [6, 6.07) is -0.158. The second-order valence-corrected chi connectivity index (χ2v) is 7.46. The molecule has 3 fully saturated rings. The number of morpholine rings is 1. The van der Waals surface area contributed by atoms with Crippen LogP contribution in [0, 0.1) is 0 Å². The summed E-state index contributed by atoms with van der Waals surface area (Å²) in [6.45, 7) is 2.24.